The number of nitrogens with zero attached hydrogens (tertiary/aromatic N) is 3. The molecule has 378 valence electrons. The van der Waals surface area contributed by atoms with E-state index in [-0.39, 0.29) is 68.8 Å². The lowest BCUT2D eigenvalue weighted by molar-refractivity contribution is 0.101. The van der Waals surface area contributed by atoms with E-state index >= 15 is 0 Å². The summed E-state index contributed by atoms with van der Waals surface area (Å²) in [5.41, 5.74) is 16.6. The maximum absolute atomic E-state index is 12.0. The molecule has 0 aliphatic heterocycles. The van der Waals surface area contributed by atoms with E-state index in [0.717, 1.165) is 0 Å². The maximum Gasteiger partial charge on any atom is 0.259 e. The van der Waals surface area contributed by atoms with Gasteiger partial charge in [-0.05, 0) is 109 Å². The van der Waals surface area contributed by atoms with E-state index < -0.39 is 17.7 Å². The summed E-state index contributed by atoms with van der Waals surface area (Å²) in [6, 6.07) is 31.7. The van der Waals surface area contributed by atoms with Gasteiger partial charge in [0, 0.05) is 34.7 Å². The van der Waals surface area contributed by atoms with Crippen LogP contribution in [0.3, 0.4) is 0 Å². The number of nitrogens with two attached hydrogens (primary N) is 3. The van der Waals surface area contributed by atoms with Gasteiger partial charge in [0.25, 0.3) is 17.7 Å². The third-order valence-electron chi connectivity index (χ3n) is 8.04. The number of benzene rings is 6. The minimum absolute atomic E-state index is 0.0397. The molecule has 0 aliphatic carbocycles. The molecule has 0 atom stereocenters. The number of aliphatic hydroxyl groups excluding tert-OH is 3. The van der Waals surface area contributed by atoms with Gasteiger partial charge in [0.05, 0.1) is 104 Å². The van der Waals surface area contributed by atoms with Crippen molar-refractivity contribution in [1.82, 2.24) is 0 Å². The van der Waals surface area contributed by atoms with Crippen molar-refractivity contribution in [2.75, 3.05) is 55.4 Å². The summed E-state index contributed by atoms with van der Waals surface area (Å²) in [7, 11) is 0. The summed E-state index contributed by atoms with van der Waals surface area (Å²) >= 11 is 35.2. The monoisotopic (exact) mass is 1100 g/mol. The Hall–Kier alpha value is -6.90. The number of hydrogen-bond donors (Lipinski definition) is 12. The van der Waals surface area contributed by atoms with Gasteiger partial charge in [0.15, 0.2) is 0 Å². The van der Waals surface area contributed by atoms with Crippen molar-refractivity contribution >= 4 is 104 Å². The molecule has 18 nitrogen and oxygen atoms in total. The number of anilines is 3. The van der Waals surface area contributed by atoms with Crippen molar-refractivity contribution in [3.8, 4) is 35.5 Å². The molecular formula is C48H45Cl6N9O9. The third-order valence-corrected chi connectivity index (χ3v) is 9.68. The van der Waals surface area contributed by atoms with Crippen molar-refractivity contribution < 1.29 is 45.0 Å². The van der Waals surface area contributed by atoms with E-state index in [1.165, 1.54) is 109 Å². The second kappa shape index (κ2) is 34.4. The number of phenolic OH excluding ortho intramolecular Hbond substituents is 3. The summed E-state index contributed by atoms with van der Waals surface area (Å²) in [6.45, 7) is 1.42. The highest BCUT2D eigenvalue weighted by molar-refractivity contribution is 6.35. The van der Waals surface area contributed by atoms with Gasteiger partial charge >= 0.3 is 0 Å². The first-order chi connectivity index (χ1) is 34.3. The molecule has 3 amide bonds. The van der Waals surface area contributed by atoms with Crippen LogP contribution >= 0.6 is 69.6 Å². The molecule has 0 aromatic heterocycles. The first-order valence-electron chi connectivity index (χ1n) is 20.2. The lowest BCUT2D eigenvalue weighted by Crippen LogP contribution is -2.12. The first-order valence-corrected chi connectivity index (χ1v) is 22.5. The lowest BCUT2D eigenvalue weighted by atomic mass is 10.1. The highest BCUT2D eigenvalue weighted by atomic mass is 35.5. The van der Waals surface area contributed by atoms with Crippen molar-refractivity contribution in [3.63, 3.8) is 0 Å². The van der Waals surface area contributed by atoms with Crippen LogP contribution < -0.4 is 33.2 Å². The minimum Gasteiger partial charge on any atom is -0.507 e. The quantitative estimate of drug-likeness (QED) is 0.0648. The van der Waals surface area contributed by atoms with Crippen molar-refractivity contribution in [3.05, 3.63) is 173 Å². The normalized spacial score (nSPS) is 9.46. The first kappa shape index (κ1) is 63.1. The zero-order chi connectivity index (χ0) is 54.3. The minimum atomic E-state index is -0.545. The Kier molecular flexibility index (Phi) is 30.2. The van der Waals surface area contributed by atoms with Gasteiger partial charge in [-0.15, -0.1) is 0 Å². The fraction of sp³-hybridized carbons (Fsp3) is 0.125. The number of hydrogen-bond acceptors (Lipinski definition) is 15. The Labute approximate surface area is 443 Å². The van der Waals surface area contributed by atoms with E-state index in [0.29, 0.717) is 68.5 Å². The molecule has 0 unspecified atom stereocenters. The number of nitrogens with one attached hydrogen (secondary N) is 3. The summed E-state index contributed by atoms with van der Waals surface area (Å²) < 4.78 is 0. The fourth-order valence-electron chi connectivity index (χ4n) is 4.70. The Morgan fingerprint density at radius 2 is 0.639 bits per heavy atom. The molecule has 6 rings (SSSR count). The van der Waals surface area contributed by atoms with Crippen LogP contribution in [0.2, 0.25) is 30.1 Å². The van der Waals surface area contributed by atoms with Crippen molar-refractivity contribution in [2.45, 2.75) is 0 Å². The van der Waals surface area contributed by atoms with E-state index in [9.17, 15) is 29.7 Å². The van der Waals surface area contributed by atoms with Crippen LogP contribution in [0.5, 0.6) is 17.2 Å². The zero-order valence-electron chi connectivity index (χ0n) is 37.4. The van der Waals surface area contributed by atoms with Crippen molar-refractivity contribution in [2.24, 2.45) is 17.2 Å². The standard InChI is InChI=1S/3C14H8Cl2N2O2.3C2H7NO/c3*15-9-2-4-13(19)10(6-9)14(20)18-12-3-1-8(7-17)5-11(12)16;3*3-1-2-4/h3*1-6,19H,(H,18,20);3*4H,1-3H2. The number of rotatable bonds is 9. The van der Waals surface area contributed by atoms with Crippen molar-refractivity contribution in [1.29, 1.82) is 15.8 Å². The Morgan fingerprint density at radius 1 is 0.417 bits per heavy atom. The molecule has 0 heterocycles. The van der Waals surface area contributed by atoms with E-state index in [1.54, 1.807) is 0 Å². The Bertz CT molecular complexity index is 2580. The number of nitriles is 3. The van der Waals surface area contributed by atoms with Gasteiger partial charge in [0.1, 0.15) is 17.2 Å². The van der Waals surface area contributed by atoms with Gasteiger partial charge in [-0.2, -0.15) is 15.8 Å². The number of aromatic hydroxyl groups is 3. The molecule has 72 heavy (non-hydrogen) atoms. The molecule has 0 saturated carbocycles. The number of carbonyl (C=O) groups is 3. The second-order valence-corrected chi connectivity index (χ2v) is 15.8. The van der Waals surface area contributed by atoms with Crippen LogP contribution in [0.15, 0.2) is 109 Å². The molecular weight excluding hydrogens is 1060 g/mol. The Morgan fingerprint density at radius 3 is 0.819 bits per heavy atom. The molecule has 15 N–H and O–H groups in total. The average molecular weight is 1100 g/mol. The Balaban J connectivity index is 0.000000484. The smallest absolute Gasteiger partial charge is 0.259 e. The maximum atomic E-state index is 12.0. The van der Waals surface area contributed by atoms with Gasteiger partial charge in [-0.25, -0.2) is 0 Å². The number of carbonyl (C=O) groups excluding carboxylic acids is 3. The molecule has 24 heteroatoms. The topological polar surface area (TPSA) is 358 Å². The van der Waals surface area contributed by atoms with Crippen LogP contribution in [0.4, 0.5) is 17.1 Å². The largest absolute Gasteiger partial charge is 0.507 e. The highest BCUT2D eigenvalue weighted by Crippen LogP contribution is 2.29. The third kappa shape index (κ3) is 22.5. The molecule has 0 saturated heterocycles. The van der Waals surface area contributed by atoms with Crippen LogP contribution in [0.1, 0.15) is 47.8 Å². The molecule has 0 radical (unpaired) electrons. The van der Waals surface area contributed by atoms with Crippen LogP contribution in [-0.4, -0.2) is 87.8 Å². The number of halogens is 6. The predicted molar refractivity (Wildman–Crippen MR) is 280 cm³/mol. The van der Waals surface area contributed by atoms with Gasteiger partial charge in [-0.1, -0.05) is 69.6 Å². The van der Waals surface area contributed by atoms with E-state index in [4.69, 9.17) is 118 Å². The molecule has 0 bridgehead atoms. The molecule has 0 aliphatic rings. The fourth-order valence-corrected chi connectivity index (χ4v) is 5.90. The van der Waals surface area contributed by atoms with Gasteiger partial charge < -0.3 is 63.8 Å². The predicted octanol–water partition coefficient (Wildman–Crippen LogP) is 8.28. The highest BCUT2D eigenvalue weighted by Gasteiger charge is 2.16. The average Bonchev–Trinajstić information content (AvgIpc) is 3.38. The zero-order valence-corrected chi connectivity index (χ0v) is 41.9. The van der Waals surface area contributed by atoms with Gasteiger partial charge in [-0.3, -0.25) is 14.4 Å². The number of amides is 3. The number of aliphatic hydroxyl groups is 3. The lowest BCUT2D eigenvalue weighted by Gasteiger charge is -2.09. The second-order valence-electron chi connectivity index (χ2n) is 13.3. The molecule has 6 aromatic rings. The van der Waals surface area contributed by atoms with E-state index in [1.807, 2.05) is 18.2 Å². The summed E-state index contributed by atoms with van der Waals surface area (Å²) in [5.74, 6) is -2.19. The molecule has 6 aromatic carbocycles. The van der Waals surface area contributed by atoms with Crippen LogP contribution in [0.25, 0.3) is 0 Å². The SMILES string of the molecule is N#Cc1ccc(NC(=O)c2cc(Cl)ccc2O)c(Cl)c1.N#Cc1ccc(NC(=O)c2cc(Cl)ccc2O)c(Cl)c1.N#Cc1ccc(NC(=O)c2cc(Cl)ccc2O)c(Cl)c1.NCCO.NCCO.NCCO. The summed E-state index contributed by atoms with van der Waals surface area (Å²) in [4.78, 5) is 36.1. The summed E-state index contributed by atoms with van der Waals surface area (Å²) in [6.07, 6.45) is 0. The number of phenols is 3. The molecule has 0 spiro atoms. The summed E-state index contributed by atoms with van der Waals surface area (Å²) in [5, 5.41) is 87.7. The van der Waals surface area contributed by atoms with E-state index in [2.05, 4.69) is 16.0 Å². The van der Waals surface area contributed by atoms with Gasteiger partial charge in [0.2, 0.25) is 0 Å². The van der Waals surface area contributed by atoms with Crippen LogP contribution in [0, 0.1) is 34.0 Å². The molecule has 0 fully saturated rings. The van der Waals surface area contributed by atoms with Crippen LogP contribution in [-0.2, 0) is 0 Å².